The van der Waals surface area contributed by atoms with E-state index in [4.69, 9.17) is 0 Å². The number of amides is 1. The lowest BCUT2D eigenvalue weighted by molar-refractivity contribution is 0.0950. The van der Waals surface area contributed by atoms with Crippen molar-refractivity contribution in [1.29, 1.82) is 0 Å². The van der Waals surface area contributed by atoms with Crippen LogP contribution >= 0.6 is 0 Å². The topological polar surface area (TPSA) is 109 Å². The molecule has 30 heavy (non-hydrogen) atoms. The van der Waals surface area contributed by atoms with E-state index in [1.165, 1.54) is 18.2 Å². The van der Waals surface area contributed by atoms with Gasteiger partial charge >= 0.3 is 0 Å². The second-order valence-corrected chi connectivity index (χ2v) is 11.4. The van der Waals surface area contributed by atoms with Crippen LogP contribution in [0.25, 0.3) is 0 Å². The highest BCUT2D eigenvalue weighted by Crippen LogP contribution is 2.19. The quantitative estimate of drug-likeness (QED) is 0.640. The lowest BCUT2D eigenvalue weighted by Gasteiger charge is -2.16. The average Bonchev–Trinajstić information content (AvgIpc) is 3.06. The standard InChI is InChI=1S/C21H26N2O5S2/c1-2-16(17-7-4-3-5-8-17)14-22-21(24)18-9-6-10-20(13-18)30(27,28)23-19-11-12-29(25,26)15-19/h3-10,13,16,19,23H,2,11-12,14-15H2,1H3,(H,22,24). The highest BCUT2D eigenvalue weighted by atomic mass is 32.2. The van der Waals surface area contributed by atoms with Gasteiger partial charge in [-0.2, -0.15) is 0 Å². The molecule has 0 spiro atoms. The van der Waals surface area contributed by atoms with Crippen molar-refractivity contribution in [1.82, 2.24) is 10.0 Å². The van der Waals surface area contributed by atoms with Gasteiger partial charge in [0.2, 0.25) is 10.0 Å². The van der Waals surface area contributed by atoms with E-state index in [1.807, 2.05) is 37.3 Å². The maximum absolute atomic E-state index is 12.6. The summed E-state index contributed by atoms with van der Waals surface area (Å²) in [6.07, 6.45) is 1.10. The van der Waals surface area contributed by atoms with Crippen molar-refractivity contribution in [2.75, 3.05) is 18.1 Å². The largest absolute Gasteiger partial charge is 0.351 e. The Morgan fingerprint density at radius 2 is 1.87 bits per heavy atom. The number of sulfonamides is 1. The first-order valence-electron chi connectivity index (χ1n) is 9.86. The molecule has 2 N–H and O–H groups in total. The molecule has 1 heterocycles. The van der Waals surface area contributed by atoms with Gasteiger partial charge in [0, 0.05) is 24.1 Å². The summed E-state index contributed by atoms with van der Waals surface area (Å²) in [5.74, 6) is -0.426. The number of hydrogen-bond acceptors (Lipinski definition) is 5. The van der Waals surface area contributed by atoms with Crippen LogP contribution in [-0.2, 0) is 19.9 Å². The van der Waals surface area contributed by atoms with E-state index >= 15 is 0 Å². The molecular weight excluding hydrogens is 424 g/mol. The molecule has 1 aliphatic rings. The molecule has 2 atom stereocenters. The lowest BCUT2D eigenvalue weighted by Crippen LogP contribution is -2.35. The maximum atomic E-state index is 12.6. The SMILES string of the molecule is CCC(CNC(=O)c1cccc(S(=O)(=O)NC2CCS(=O)(=O)C2)c1)c1ccccc1. The molecule has 7 nitrogen and oxygen atoms in total. The molecule has 1 aliphatic heterocycles. The summed E-state index contributed by atoms with van der Waals surface area (Å²) in [5, 5.41) is 2.88. The van der Waals surface area contributed by atoms with Gasteiger partial charge in [-0.05, 0) is 36.6 Å². The Kier molecular flexibility index (Phi) is 6.95. The van der Waals surface area contributed by atoms with Crippen LogP contribution in [-0.4, -0.2) is 46.8 Å². The van der Waals surface area contributed by atoms with E-state index in [0.29, 0.717) is 6.54 Å². The van der Waals surface area contributed by atoms with Crippen LogP contribution in [0.15, 0.2) is 59.5 Å². The summed E-state index contributed by atoms with van der Waals surface area (Å²) < 4.78 is 50.8. The molecule has 9 heteroatoms. The molecule has 2 aromatic carbocycles. The fourth-order valence-corrected chi connectivity index (χ4v) is 6.62. The lowest BCUT2D eigenvalue weighted by atomic mass is 9.96. The summed E-state index contributed by atoms with van der Waals surface area (Å²) >= 11 is 0. The van der Waals surface area contributed by atoms with Crippen LogP contribution in [0.2, 0.25) is 0 Å². The minimum atomic E-state index is -3.92. The Morgan fingerprint density at radius 3 is 2.50 bits per heavy atom. The highest BCUT2D eigenvalue weighted by molar-refractivity contribution is 7.92. The van der Waals surface area contributed by atoms with E-state index in [1.54, 1.807) is 6.07 Å². The molecule has 0 bridgehead atoms. The Balaban J connectivity index is 1.67. The minimum absolute atomic E-state index is 0.0252. The molecule has 1 fully saturated rings. The molecule has 162 valence electrons. The van der Waals surface area contributed by atoms with Crippen molar-refractivity contribution < 1.29 is 21.6 Å². The Labute approximate surface area is 177 Å². The van der Waals surface area contributed by atoms with Gasteiger partial charge in [0.25, 0.3) is 5.91 Å². The first-order valence-corrected chi connectivity index (χ1v) is 13.2. The van der Waals surface area contributed by atoms with Crippen molar-refractivity contribution in [2.45, 2.75) is 36.6 Å². The third-order valence-electron chi connectivity index (χ3n) is 5.23. The van der Waals surface area contributed by atoms with Gasteiger partial charge in [0.15, 0.2) is 9.84 Å². The smallest absolute Gasteiger partial charge is 0.251 e. The van der Waals surface area contributed by atoms with Crippen molar-refractivity contribution in [2.24, 2.45) is 0 Å². The summed E-state index contributed by atoms with van der Waals surface area (Å²) in [7, 11) is -7.13. The fraction of sp³-hybridized carbons (Fsp3) is 0.381. The molecule has 0 radical (unpaired) electrons. The zero-order chi connectivity index (χ0) is 21.8. The van der Waals surface area contributed by atoms with Gasteiger partial charge < -0.3 is 5.32 Å². The predicted molar refractivity (Wildman–Crippen MR) is 116 cm³/mol. The van der Waals surface area contributed by atoms with Gasteiger partial charge in [-0.3, -0.25) is 4.79 Å². The van der Waals surface area contributed by atoms with Gasteiger partial charge in [-0.1, -0.05) is 43.3 Å². The molecule has 0 saturated carbocycles. The van der Waals surface area contributed by atoms with Crippen LogP contribution in [0.4, 0.5) is 0 Å². The fourth-order valence-electron chi connectivity index (χ4n) is 3.52. The monoisotopic (exact) mass is 450 g/mol. The van der Waals surface area contributed by atoms with Crippen molar-refractivity contribution in [3.05, 3.63) is 65.7 Å². The number of carbonyl (C=O) groups is 1. The van der Waals surface area contributed by atoms with E-state index in [0.717, 1.165) is 12.0 Å². The van der Waals surface area contributed by atoms with Gasteiger partial charge in [0.05, 0.1) is 16.4 Å². The Bertz CT molecular complexity index is 1100. The number of rotatable bonds is 8. The first-order chi connectivity index (χ1) is 14.2. The second-order valence-electron chi connectivity index (χ2n) is 7.47. The Hall–Kier alpha value is -2.23. The molecule has 2 unspecified atom stereocenters. The van der Waals surface area contributed by atoms with E-state index in [-0.39, 0.29) is 40.2 Å². The Morgan fingerprint density at radius 1 is 1.13 bits per heavy atom. The molecule has 1 saturated heterocycles. The zero-order valence-electron chi connectivity index (χ0n) is 16.7. The van der Waals surface area contributed by atoms with E-state index < -0.39 is 25.9 Å². The molecule has 3 rings (SSSR count). The maximum Gasteiger partial charge on any atom is 0.251 e. The number of carbonyl (C=O) groups excluding carboxylic acids is 1. The number of sulfone groups is 1. The molecule has 0 aromatic heterocycles. The second kappa shape index (κ2) is 9.28. The molecule has 2 aromatic rings. The molecule has 1 amide bonds. The van der Waals surface area contributed by atoms with Crippen LogP contribution in [0.3, 0.4) is 0 Å². The highest BCUT2D eigenvalue weighted by Gasteiger charge is 2.31. The zero-order valence-corrected chi connectivity index (χ0v) is 18.4. The van der Waals surface area contributed by atoms with E-state index in [9.17, 15) is 21.6 Å². The van der Waals surface area contributed by atoms with E-state index in [2.05, 4.69) is 10.0 Å². The van der Waals surface area contributed by atoms with Crippen LogP contribution in [0.5, 0.6) is 0 Å². The van der Waals surface area contributed by atoms with Crippen molar-refractivity contribution in [3.8, 4) is 0 Å². The number of hydrogen-bond donors (Lipinski definition) is 2. The molecular formula is C21H26N2O5S2. The van der Waals surface area contributed by atoms with Crippen LogP contribution < -0.4 is 10.0 Å². The minimum Gasteiger partial charge on any atom is -0.351 e. The number of benzene rings is 2. The first kappa shape index (κ1) is 22.5. The third-order valence-corrected chi connectivity index (χ3v) is 8.52. The summed E-state index contributed by atoms with van der Waals surface area (Å²) in [6, 6.07) is 15.0. The summed E-state index contributed by atoms with van der Waals surface area (Å²) in [5.41, 5.74) is 1.37. The van der Waals surface area contributed by atoms with Gasteiger partial charge in [0.1, 0.15) is 0 Å². The average molecular weight is 451 g/mol. The normalized spacial score (nSPS) is 19.3. The van der Waals surface area contributed by atoms with Crippen LogP contribution in [0, 0.1) is 0 Å². The summed E-state index contributed by atoms with van der Waals surface area (Å²) in [6.45, 7) is 2.49. The van der Waals surface area contributed by atoms with Crippen LogP contribution in [0.1, 0.15) is 41.6 Å². The van der Waals surface area contributed by atoms with Gasteiger partial charge in [-0.15, -0.1) is 0 Å². The van der Waals surface area contributed by atoms with Gasteiger partial charge in [-0.25, -0.2) is 21.6 Å². The number of nitrogens with one attached hydrogen (secondary N) is 2. The van der Waals surface area contributed by atoms with Crippen molar-refractivity contribution >= 4 is 25.8 Å². The predicted octanol–water partition coefficient (Wildman–Crippen LogP) is 2.08. The summed E-state index contributed by atoms with van der Waals surface area (Å²) in [4.78, 5) is 12.5. The molecule has 0 aliphatic carbocycles. The van der Waals surface area contributed by atoms with Crippen molar-refractivity contribution in [3.63, 3.8) is 0 Å². The third kappa shape index (κ3) is 5.68.